The van der Waals surface area contributed by atoms with Crippen LogP contribution in [0.1, 0.15) is 28.8 Å². The number of alkyl halides is 3. The van der Waals surface area contributed by atoms with Crippen LogP contribution < -0.4 is 10.1 Å². The van der Waals surface area contributed by atoms with E-state index in [-0.39, 0.29) is 6.04 Å². The molecular formula is C13H12F3NO4. The first-order valence-electron chi connectivity index (χ1n) is 6.14. The molecule has 1 aromatic carbocycles. The fraction of sp³-hybridized carbons (Fsp3) is 0.385. The largest absolute Gasteiger partial charge is 0.483 e. The standard InChI is InChI=1S/C13H12F3NO4/c14-13(15,16)9-5-7(12(19)20)1-4-10(9)21-6-11(18)17-8-2-3-8/h1,4-5,8H,2-3,6H2,(H,17,18)(H,19,20). The van der Waals surface area contributed by atoms with Gasteiger partial charge in [-0.3, -0.25) is 4.79 Å². The number of halogens is 3. The molecule has 0 saturated heterocycles. The number of amides is 1. The van der Waals surface area contributed by atoms with Crippen LogP contribution in [0.15, 0.2) is 18.2 Å². The van der Waals surface area contributed by atoms with E-state index in [9.17, 15) is 22.8 Å². The molecule has 21 heavy (non-hydrogen) atoms. The number of hydrogen-bond donors (Lipinski definition) is 2. The van der Waals surface area contributed by atoms with Gasteiger partial charge in [0, 0.05) is 6.04 Å². The number of aromatic carboxylic acids is 1. The van der Waals surface area contributed by atoms with Gasteiger partial charge in [0.1, 0.15) is 5.75 Å². The van der Waals surface area contributed by atoms with Crippen LogP contribution in [0.5, 0.6) is 5.75 Å². The lowest BCUT2D eigenvalue weighted by Gasteiger charge is -2.14. The van der Waals surface area contributed by atoms with Crippen molar-refractivity contribution in [2.75, 3.05) is 6.61 Å². The average molecular weight is 303 g/mol. The van der Waals surface area contributed by atoms with E-state index < -0.39 is 41.5 Å². The second-order valence-corrected chi connectivity index (χ2v) is 4.64. The van der Waals surface area contributed by atoms with Crippen LogP contribution in [0, 0.1) is 0 Å². The third kappa shape index (κ3) is 4.11. The number of carboxylic acids is 1. The molecule has 0 heterocycles. The smallest absolute Gasteiger partial charge is 0.419 e. The minimum atomic E-state index is -4.77. The van der Waals surface area contributed by atoms with Crippen molar-refractivity contribution in [3.05, 3.63) is 29.3 Å². The number of rotatable bonds is 5. The molecule has 0 unspecified atom stereocenters. The second kappa shape index (κ2) is 5.63. The first-order valence-corrected chi connectivity index (χ1v) is 6.14. The minimum absolute atomic E-state index is 0.0811. The number of nitrogens with one attached hydrogen (secondary N) is 1. The van der Waals surface area contributed by atoms with Crippen LogP contribution in [-0.2, 0) is 11.0 Å². The van der Waals surface area contributed by atoms with Gasteiger partial charge in [0.25, 0.3) is 5.91 Å². The van der Waals surface area contributed by atoms with Crippen molar-refractivity contribution >= 4 is 11.9 Å². The van der Waals surface area contributed by atoms with Crippen LogP contribution in [0.2, 0.25) is 0 Å². The molecule has 1 fully saturated rings. The van der Waals surface area contributed by atoms with E-state index >= 15 is 0 Å². The molecule has 0 bridgehead atoms. The van der Waals surface area contributed by atoms with Gasteiger partial charge >= 0.3 is 12.1 Å². The Labute approximate surface area is 117 Å². The molecule has 0 spiro atoms. The molecule has 0 aliphatic heterocycles. The maximum absolute atomic E-state index is 12.9. The lowest BCUT2D eigenvalue weighted by molar-refractivity contribution is -0.139. The Hall–Kier alpha value is -2.25. The summed E-state index contributed by atoms with van der Waals surface area (Å²) >= 11 is 0. The predicted octanol–water partition coefficient (Wildman–Crippen LogP) is 2.06. The maximum atomic E-state index is 12.9. The van der Waals surface area contributed by atoms with E-state index in [1.807, 2.05) is 0 Å². The zero-order valence-electron chi connectivity index (χ0n) is 10.7. The zero-order valence-corrected chi connectivity index (χ0v) is 10.7. The lowest BCUT2D eigenvalue weighted by Crippen LogP contribution is -2.30. The number of benzene rings is 1. The molecule has 0 aromatic heterocycles. The van der Waals surface area contributed by atoms with Crippen LogP contribution in [0.3, 0.4) is 0 Å². The Kier molecular flexibility index (Phi) is 4.06. The third-order valence-corrected chi connectivity index (χ3v) is 2.83. The summed E-state index contributed by atoms with van der Waals surface area (Å²) < 4.78 is 43.5. The van der Waals surface area contributed by atoms with Gasteiger partial charge in [-0.15, -0.1) is 0 Å². The summed E-state index contributed by atoms with van der Waals surface area (Å²) in [4.78, 5) is 22.1. The summed E-state index contributed by atoms with van der Waals surface area (Å²) in [6.45, 7) is -0.550. The second-order valence-electron chi connectivity index (χ2n) is 4.64. The fourth-order valence-electron chi connectivity index (χ4n) is 1.65. The molecule has 2 rings (SSSR count). The predicted molar refractivity (Wildman–Crippen MR) is 65.1 cm³/mol. The van der Waals surface area contributed by atoms with E-state index in [1.54, 1.807) is 0 Å². The summed E-state index contributed by atoms with van der Waals surface area (Å²) in [6.07, 6.45) is -3.06. The molecule has 114 valence electrons. The molecule has 5 nitrogen and oxygen atoms in total. The molecule has 0 atom stereocenters. The van der Waals surface area contributed by atoms with E-state index in [0.717, 1.165) is 25.0 Å². The van der Waals surface area contributed by atoms with Crippen LogP contribution in [0.25, 0.3) is 0 Å². The number of ether oxygens (including phenoxy) is 1. The average Bonchev–Trinajstić information content (AvgIpc) is 3.18. The van der Waals surface area contributed by atoms with Gasteiger partial charge in [-0.2, -0.15) is 13.2 Å². The third-order valence-electron chi connectivity index (χ3n) is 2.83. The molecule has 8 heteroatoms. The minimum Gasteiger partial charge on any atom is -0.483 e. The lowest BCUT2D eigenvalue weighted by atomic mass is 10.1. The van der Waals surface area contributed by atoms with Crippen molar-refractivity contribution < 1.29 is 32.6 Å². The van der Waals surface area contributed by atoms with Gasteiger partial charge in [-0.1, -0.05) is 0 Å². The molecule has 1 saturated carbocycles. The van der Waals surface area contributed by atoms with Crippen molar-refractivity contribution in [1.29, 1.82) is 0 Å². The van der Waals surface area contributed by atoms with E-state index in [0.29, 0.717) is 6.07 Å². The van der Waals surface area contributed by atoms with Crippen molar-refractivity contribution in [3.63, 3.8) is 0 Å². The first kappa shape index (κ1) is 15.1. The fourth-order valence-corrected chi connectivity index (χ4v) is 1.65. The summed E-state index contributed by atoms with van der Waals surface area (Å²) in [5.74, 6) is -2.55. The first-order chi connectivity index (χ1) is 9.77. The zero-order chi connectivity index (χ0) is 15.6. The number of carboxylic acid groups (broad SMARTS) is 1. The Bertz CT molecular complexity index is 567. The highest BCUT2D eigenvalue weighted by Crippen LogP contribution is 2.36. The number of carbonyl (C=O) groups excluding carboxylic acids is 1. The van der Waals surface area contributed by atoms with Gasteiger partial charge in [-0.05, 0) is 31.0 Å². The molecule has 1 aliphatic rings. The number of carbonyl (C=O) groups is 2. The Morgan fingerprint density at radius 1 is 1.33 bits per heavy atom. The Morgan fingerprint density at radius 2 is 2.00 bits per heavy atom. The molecule has 2 N–H and O–H groups in total. The SMILES string of the molecule is O=C(COc1ccc(C(=O)O)cc1C(F)(F)F)NC1CC1. The molecule has 1 amide bonds. The quantitative estimate of drug-likeness (QED) is 0.873. The topological polar surface area (TPSA) is 75.6 Å². The van der Waals surface area contributed by atoms with Gasteiger partial charge in [0.05, 0.1) is 11.1 Å². The van der Waals surface area contributed by atoms with Crippen molar-refractivity contribution in [2.24, 2.45) is 0 Å². The van der Waals surface area contributed by atoms with Gasteiger partial charge in [0.15, 0.2) is 6.61 Å². The van der Waals surface area contributed by atoms with Crippen molar-refractivity contribution in [2.45, 2.75) is 25.1 Å². The molecule has 0 radical (unpaired) electrons. The highest BCUT2D eigenvalue weighted by atomic mass is 19.4. The van der Waals surface area contributed by atoms with Crippen LogP contribution in [0.4, 0.5) is 13.2 Å². The van der Waals surface area contributed by atoms with Crippen molar-refractivity contribution in [1.82, 2.24) is 5.32 Å². The normalized spacial score (nSPS) is 14.6. The summed E-state index contributed by atoms with van der Waals surface area (Å²) in [7, 11) is 0. The highest BCUT2D eigenvalue weighted by molar-refractivity contribution is 5.88. The van der Waals surface area contributed by atoms with E-state index in [2.05, 4.69) is 5.32 Å². The summed E-state index contributed by atoms with van der Waals surface area (Å²) in [6, 6.07) is 2.45. The monoisotopic (exact) mass is 303 g/mol. The van der Waals surface area contributed by atoms with E-state index in [1.165, 1.54) is 0 Å². The van der Waals surface area contributed by atoms with Crippen LogP contribution in [-0.4, -0.2) is 29.6 Å². The molecular weight excluding hydrogens is 291 g/mol. The molecule has 1 aromatic rings. The summed E-state index contributed by atoms with van der Waals surface area (Å²) in [5, 5.41) is 11.3. The van der Waals surface area contributed by atoms with Gasteiger partial charge in [-0.25, -0.2) is 4.79 Å². The summed E-state index contributed by atoms with van der Waals surface area (Å²) in [5.41, 5.74) is -1.72. The number of hydrogen-bond acceptors (Lipinski definition) is 3. The Balaban J connectivity index is 2.13. The highest BCUT2D eigenvalue weighted by Gasteiger charge is 2.35. The van der Waals surface area contributed by atoms with Crippen LogP contribution >= 0.6 is 0 Å². The van der Waals surface area contributed by atoms with E-state index in [4.69, 9.17) is 9.84 Å². The van der Waals surface area contributed by atoms with Gasteiger partial charge < -0.3 is 15.2 Å². The van der Waals surface area contributed by atoms with Gasteiger partial charge in [0.2, 0.25) is 0 Å². The van der Waals surface area contributed by atoms with Crippen molar-refractivity contribution in [3.8, 4) is 5.75 Å². The maximum Gasteiger partial charge on any atom is 0.419 e. The Morgan fingerprint density at radius 3 is 2.52 bits per heavy atom. The molecule has 1 aliphatic carbocycles.